The van der Waals surface area contributed by atoms with Gasteiger partial charge in [-0.2, -0.15) is 0 Å². The fraction of sp³-hybridized carbons (Fsp3) is 0.231. The van der Waals surface area contributed by atoms with Gasteiger partial charge >= 0.3 is 0 Å². The predicted molar refractivity (Wildman–Crippen MR) is 78.8 cm³/mol. The molecule has 0 saturated heterocycles. The van der Waals surface area contributed by atoms with E-state index in [-0.39, 0.29) is 28.4 Å². The highest BCUT2D eigenvalue weighted by Crippen LogP contribution is 2.26. The van der Waals surface area contributed by atoms with Crippen LogP contribution in [0.15, 0.2) is 37.0 Å². The molecule has 0 aliphatic rings. The van der Waals surface area contributed by atoms with Gasteiger partial charge in [0.1, 0.15) is 6.61 Å². The Morgan fingerprint density at radius 1 is 1.33 bits per heavy atom. The molecule has 0 aliphatic heterocycles. The van der Waals surface area contributed by atoms with E-state index >= 15 is 0 Å². The molecule has 1 heterocycles. The van der Waals surface area contributed by atoms with Gasteiger partial charge in [-0.15, -0.1) is 0 Å². The quantitative estimate of drug-likeness (QED) is 0.743. The zero-order valence-electron chi connectivity index (χ0n) is 11.0. The monoisotopic (exact) mass is 374 g/mol. The number of carbonyl (C=O) groups excluding carboxylic acids is 1. The average Bonchev–Trinajstić information content (AvgIpc) is 2.45. The molecule has 6 nitrogen and oxygen atoms in total. The molecule has 2 aromatic rings. The molecule has 21 heavy (non-hydrogen) atoms. The summed E-state index contributed by atoms with van der Waals surface area (Å²) in [5.41, 5.74) is 0.251. The molecule has 0 bridgehead atoms. The Bertz CT molecular complexity index is 853. The van der Waals surface area contributed by atoms with E-state index in [1.807, 2.05) is 0 Å². The first-order valence-electron chi connectivity index (χ1n) is 5.93. The summed E-state index contributed by atoms with van der Waals surface area (Å²) in [6, 6.07) is 4.05. The minimum atomic E-state index is -3.61. The van der Waals surface area contributed by atoms with Gasteiger partial charge in [-0.05, 0) is 33.6 Å². The minimum Gasteiger partial charge on any atom is -0.463 e. The number of hydrogen-bond acceptors (Lipinski definition) is 6. The number of rotatable bonds is 5. The standard InChI is InChI=1S/C13H11BrO6S/c1-2-21(17,18)12-5-11(16)9-3-8(6-19-7-15)4-10(14)13(9)20-12/h3-5,7H,2,6H2,1H3. The van der Waals surface area contributed by atoms with Crippen LogP contribution in [-0.4, -0.2) is 20.6 Å². The lowest BCUT2D eigenvalue weighted by Gasteiger charge is -2.06. The van der Waals surface area contributed by atoms with Crippen molar-refractivity contribution in [2.24, 2.45) is 0 Å². The number of carbonyl (C=O) groups is 1. The number of sulfone groups is 1. The molecule has 0 saturated carbocycles. The molecule has 1 aromatic heterocycles. The van der Waals surface area contributed by atoms with Gasteiger partial charge in [-0.3, -0.25) is 9.59 Å². The Morgan fingerprint density at radius 2 is 2.05 bits per heavy atom. The van der Waals surface area contributed by atoms with Gasteiger partial charge in [0.05, 0.1) is 15.6 Å². The number of halogens is 1. The lowest BCUT2D eigenvalue weighted by molar-refractivity contribution is -0.129. The molecule has 0 radical (unpaired) electrons. The van der Waals surface area contributed by atoms with Crippen LogP contribution < -0.4 is 5.43 Å². The van der Waals surface area contributed by atoms with E-state index in [2.05, 4.69) is 20.7 Å². The van der Waals surface area contributed by atoms with Crippen LogP contribution in [0, 0.1) is 0 Å². The number of ether oxygens (including phenoxy) is 1. The average molecular weight is 375 g/mol. The fourth-order valence-corrected chi connectivity index (χ4v) is 3.13. The van der Waals surface area contributed by atoms with Crippen molar-refractivity contribution in [1.29, 1.82) is 0 Å². The summed E-state index contributed by atoms with van der Waals surface area (Å²) in [6.45, 7) is 1.78. The Kier molecular flexibility index (Phi) is 4.48. The molecule has 1 aromatic carbocycles. The van der Waals surface area contributed by atoms with Crippen LogP contribution in [0.3, 0.4) is 0 Å². The van der Waals surface area contributed by atoms with Gasteiger partial charge in [0, 0.05) is 6.07 Å². The Morgan fingerprint density at radius 3 is 2.67 bits per heavy atom. The Hall–Kier alpha value is -1.67. The van der Waals surface area contributed by atoms with Gasteiger partial charge in [-0.25, -0.2) is 8.42 Å². The van der Waals surface area contributed by atoms with Crippen molar-refractivity contribution in [3.05, 3.63) is 38.5 Å². The number of fused-ring (bicyclic) bond motifs is 1. The first-order chi connectivity index (χ1) is 9.89. The minimum absolute atomic E-state index is 0.00644. The second-order valence-electron chi connectivity index (χ2n) is 4.19. The fourth-order valence-electron chi connectivity index (χ4n) is 1.76. The van der Waals surface area contributed by atoms with E-state index in [1.54, 1.807) is 6.07 Å². The third-order valence-corrected chi connectivity index (χ3v) is 4.99. The molecule has 0 atom stereocenters. The molecule has 0 unspecified atom stereocenters. The molecule has 0 amide bonds. The van der Waals surface area contributed by atoms with Crippen molar-refractivity contribution in [2.45, 2.75) is 18.6 Å². The molecule has 0 fully saturated rings. The Labute approximate surface area is 128 Å². The zero-order valence-corrected chi connectivity index (χ0v) is 13.4. The maximum absolute atomic E-state index is 12.1. The lowest BCUT2D eigenvalue weighted by atomic mass is 10.1. The van der Waals surface area contributed by atoms with Crippen LogP contribution in [0.25, 0.3) is 11.0 Å². The number of hydrogen-bond donors (Lipinski definition) is 0. The largest absolute Gasteiger partial charge is 0.463 e. The van der Waals surface area contributed by atoms with E-state index < -0.39 is 15.3 Å². The predicted octanol–water partition coefficient (Wildman–Crippen LogP) is 2.02. The van der Waals surface area contributed by atoms with Crippen molar-refractivity contribution >= 4 is 43.2 Å². The van der Waals surface area contributed by atoms with Gasteiger partial charge in [0.2, 0.25) is 14.9 Å². The third kappa shape index (κ3) is 3.16. The van der Waals surface area contributed by atoms with Crippen LogP contribution in [0.1, 0.15) is 12.5 Å². The molecule has 8 heteroatoms. The first kappa shape index (κ1) is 15.7. The second-order valence-corrected chi connectivity index (χ2v) is 7.26. The summed E-state index contributed by atoms with van der Waals surface area (Å²) in [4.78, 5) is 22.3. The highest BCUT2D eigenvalue weighted by molar-refractivity contribution is 9.10. The van der Waals surface area contributed by atoms with Crippen LogP contribution in [0.5, 0.6) is 0 Å². The van der Waals surface area contributed by atoms with Crippen molar-refractivity contribution in [3.8, 4) is 0 Å². The maximum Gasteiger partial charge on any atom is 0.293 e. The van der Waals surface area contributed by atoms with E-state index in [0.29, 0.717) is 16.5 Å². The van der Waals surface area contributed by atoms with Gasteiger partial charge in [0.15, 0.2) is 11.0 Å². The van der Waals surface area contributed by atoms with Gasteiger partial charge in [-0.1, -0.05) is 6.92 Å². The van der Waals surface area contributed by atoms with E-state index in [9.17, 15) is 18.0 Å². The Balaban J connectivity index is 2.69. The van der Waals surface area contributed by atoms with E-state index in [1.165, 1.54) is 13.0 Å². The molecular formula is C13H11BrO6S. The summed E-state index contributed by atoms with van der Waals surface area (Å²) in [5.74, 6) is -0.162. The summed E-state index contributed by atoms with van der Waals surface area (Å²) >= 11 is 3.23. The van der Waals surface area contributed by atoms with E-state index in [4.69, 9.17) is 4.42 Å². The van der Waals surface area contributed by atoms with Crippen molar-refractivity contribution in [1.82, 2.24) is 0 Å². The van der Waals surface area contributed by atoms with Crippen LogP contribution >= 0.6 is 15.9 Å². The van der Waals surface area contributed by atoms with Crippen LogP contribution in [0.4, 0.5) is 0 Å². The van der Waals surface area contributed by atoms with Crippen molar-refractivity contribution in [3.63, 3.8) is 0 Å². The molecule has 0 N–H and O–H groups in total. The molecule has 0 spiro atoms. The summed E-state index contributed by atoms with van der Waals surface area (Å²) in [7, 11) is -3.61. The van der Waals surface area contributed by atoms with Gasteiger partial charge in [0.25, 0.3) is 6.47 Å². The zero-order chi connectivity index (χ0) is 15.6. The third-order valence-electron chi connectivity index (χ3n) is 2.83. The highest BCUT2D eigenvalue weighted by Gasteiger charge is 2.18. The smallest absolute Gasteiger partial charge is 0.293 e. The summed E-state index contributed by atoms with van der Waals surface area (Å²) in [6.07, 6.45) is 0. The molecule has 112 valence electrons. The molecular weight excluding hydrogens is 364 g/mol. The highest BCUT2D eigenvalue weighted by atomic mass is 79.9. The SMILES string of the molecule is CCS(=O)(=O)c1cc(=O)c2cc(COC=O)cc(Br)c2o1. The second kappa shape index (κ2) is 5.98. The van der Waals surface area contributed by atoms with Crippen molar-refractivity contribution < 1.29 is 22.4 Å². The van der Waals surface area contributed by atoms with Crippen LogP contribution in [-0.2, 0) is 26.0 Å². The van der Waals surface area contributed by atoms with Crippen LogP contribution in [0.2, 0.25) is 0 Å². The maximum atomic E-state index is 12.1. The molecule has 0 aliphatic carbocycles. The topological polar surface area (TPSA) is 90.6 Å². The summed E-state index contributed by atoms with van der Waals surface area (Å²) < 4.78 is 34.0. The first-order valence-corrected chi connectivity index (χ1v) is 8.38. The number of benzene rings is 1. The van der Waals surface area contributed by atoms with Gasteiger partial charge < -0.3 is 9.15 Å². The van der Waals surface area contributed by atoms with E-state index in [0.717, 1.165) is 6.07 Å². The molecule has 2 rings (SSSR count). The van der Waals surface area contributed by atoms with Crippen molar-refractivity contribution in [2.75, 3.05) is 5.75 Å². The summed E-state index contributed by atoms with van der Waals surface area (Å²) in [5, 5.41) is -0.149. The lowest BCUT2D eigenvalue weighted by Crippen LogP contribution is -2.10. The normalized spacial score (nSPS) is 11.5.